The monoisotopic (exact) mass is 270 g/mol. The Labute approximate surface area is 115 Å². The van der Waals surface area contributed by atoms with Gasteiger partial charge in [-0.1, -0.05) is 0 Å². The fourth-order valence-corrected chi connectivity index (χ4v) is 2.34. The summed E-state index contributed by atoms with van der Waals surface area (Å²) in [5.74, 6) is 0.690. The van der Waals surface area contributed by atoms with E-state index in [9.17, 15) is 4.79 Å². The second-order valence-electron chi connectivity index (χ2n) is 6.55. The molecule has 2 aliphatic rings. The lowest BCUT2D eigenvalue weighted by molar-refractivity contribution is 0.0520. The summed E-state index contributed by atoms with van der Waals surface area (Å²) in [6.45, 7) is 7.89. The average molecular weight is 270 g/mol. The van der Waals surface area contributed by atoms with Gasteiger partial charge in [0.25, 0.3) is 0 Å². The highest BCUT2D eigenvalue weighted by molar-refractivity contribution is 5.67. The van der Waals surface area contributed by atoms with Crippen molar-refractivity contribution in [2.45, 2.75) is 57.7 Å². The number of hydrogen-bond acceptors (Lipinski definition) is 4. The van der Waals surface area contributed by atoms with Crippen LogP contribution < -0.4 is 10.6 Å². The minimum absolute atomic E-state index is 0.331. The molecule has 1 amide bonds. The number of amides is 1. The quantitative estimate of drug-likeness (QED) is 0.798. The van der Waals surface area contributed by atoms with Gasteiger partial charge < -0.3 is 20.1 Å². The molecule has 1 aliphatic carbocycles. The summed E-state index contributed by atoms with van der Waals surface area (Å²) in [6.07, 6.45) is 3.24. The van der Waals surface area contributed by atoms with Crippen LogP contribution in [0.15, 0.2) is 0 Å². The van der Waals surface area contributed by atoms with Gasteiger partial charge in [-0.3, -0.25) is 0 Å². The highest BCUT2D eigenvalue weighted by Crippen LogP contribution is 2.33. The Hall–Kier alpha value is -0.810. The third kappa shape index (κ3) is 5.37. The van der Waals surface area contributed by atoms with Gasteiger partial charge in [0.1, 0.15) is 5.60 Å². The van der Waals surface area contributed by atoms with Crippen LogP contribution >= 0.6 is 0 Å². The summed E-state index contributed by atoms with van der Waals surface area (Å²) in [5, 5.41) is 6.47. The molecule has 2 rings (SSSR count). The van der Waals surface area contributed by atoms with Gasteiger partial charge in [0, 0.05) is 25.2 Å². The molecule has 2 unspecified atom stereocenters. The van der Waals surface area contributed by atoms with Crippen LogP contribution in [0.2, 0.25) is 0 Å². The van der Waals surface area contributed by atoms with Crippen molar-refractivity contribution in [1.82, 2.24) is 10.6 Å². The molecule has 1 saturated carbocycles. The lowest BCUT2D eigenvalue weighted by Crippen LogP contribution is -2.47. The van der Waals surface area contributed by atoms with Crippen molar-refractivity contribution in [1.29, 1.82) is 0 Å². The third-order valence-corrected chi connectivity index (χ3v) is 3.44. The van der Waals surface area contributed by atoms with E-state index in [1.165, 1.54) is 12.8 Å². The summed E-state index contributed by atoms with van der Waals surface area (Å²) in [5.41, 5.74) is -0.439. The highest BCUT2D eigenvalue weighted by Gasteiger charge is 2.33. The molecule has 5 nitrogen and oxygen atoms in total. The first kappa shape index (κ1) is 14.6. The molecule has 110 valence electrons. The van der Waals surface area contributed by atoms with Crippen LogP contribution in [0.1, 0.15) is 40.0 Å². The maximum absolute atomic E-state index is 11.7. The molecule has 0 aromatic rings. The molecule has 0 spiro atoms. The van der Waals surface area contributed by atoms with Crippen LogP contribution in [0.5, 0.6) is 0 Å². The summed E-state index contributed by atoms with van der Waals surface area (Å²) in [4.78, 5) is 11.7. The SMILES string of the molecule is CC(C)(C)OC(=O)NCC(NC1CCOC1)C1CC1. The van der Waals surface area contributed by atoms with Crippen molar-refractivity contribution >= 4 is 6.09 Å². The van der Waals surface area contributed by atoms with Gasteiger partial charge in [0.05, 0.1) is 6.61 Å². The van der Waals surface area contributed by atoms with Crippen LogP contribution in [0, 0.1) is 5.92 Å². The number of rotatable bonds is 5. The molecular weight excluding hydrogens is 244 g/mol. The smallest absolute Gasteiger partial charge is 0.407 e. The standard InChI is InChI=1S/C14H26N2O3/c1-14(2,3)19-13(17)15-8-12(10-4-5-10)16-11-6-7-18-9-11/h10-12,16H,4-9H2,1-3H3,(H,15,17). The van der Waals surface area contributed by atoms with Crippen molar-refractivity contribution in [3.63, 3.8) is 0 Å². The Bertz CT molecular complexity index is 304. The maximum Gasteiger partial charge on any atom is 0.407 e. The average Bonchev–Trinajstić information content (AvgIpc) is 3.00. The first-order chi connectivity index (χ1) is 8.94. The number of ether oxygens (including phenoxy) is 2. The topological polar surface area (TPSA) is 59.6 Å². The summed E-state index contributed by atoms with van der Waals surface area (Å²) < 4.78 is 10.6. The van der Waals surface area contributed by atoms with Gasteiger partial charge in [-0.25, -0.2) is 4.79 Å². The molecule has 1 heterocycles. The zero-order valence-electron chi connectivity index (χ0n) is 12.2. The molecule has 2 N–H and O–H groups in total. The molecule has 2 atom stereocenters. The van der Waals surface area contributed by atoms with Gasteiger partial charge in [-0.05, 0) is 46.0 Å². The van der Waals surface area contributed by atoms with Crippen LogP contribution in [0.25, 0.3) is 0 Å². The predicted molar refractivity (Wildman–Crippen MR) is 73.1 cm³/mol. The minimum atomic E-state index is -0.439. The first-order valence-corrected chi connectivity index (χ1v) is 7.25. The van der Waals surface area contributed by atoms with Crippen molar-refractivity contribution in [3.8, 4) is 0 Å². The fourth-order valence-electron chi connectivity index (χ4n) is 2.34. The van der Waals surface area contributed by atoms with Crippen molar-refractivity contribution in [3.05, 3.63) is 0 Å². The summed E-state index contributed by atoms with van der Waals surface area (Å²) >= 11 is 0. The zero-order valence-corrected chi connectivity index (χ0v) is 12.2. The molecule has 0 aromatic carbocycles. The number of carbonyl (C=O) groups excluding carboxylic acids is 1. The van der Waals surface area contributed by atoms with Crippen LogP contribution in [0.3, 0.4) is 0 Å². The maximum atomic E-state index is 11.7. The number of nitrogens with one attached hydrogen (secondary N) is 2. The Morgan fingerprint density at radius 3 is 2.63 bits per heavy atom. The second-order valence-corrected chi connectivity index (χ2v) is 6.55. The molecule has 1 aliphatic heterocycles. The zero-order chi connectivity index (χ0) is 13.9. The molecule has 2 fully saturated rings. The Morgan fingerprint density at radius 2 is 2.11 bits per heavy atom. The van der Waals surface area contributed by atoms with E-state index in [0.29, 0.717) is 24.5 Å². The van der Waals surface area contributed by atoms with E-state index >= 15 is 0 Å². The number of hydrogen-bond donors (Lipinski definition) is 2. The largest absolute Gasteiger partial charge is 0.444 e. The van der Waals surface area contributed by atoms with Gasteiger partial charge in [0.2, 0.25) is 0 Å². The van der Waals surface area contributed by atoms with Crippen LogP contribution in [0.4, 0.5) is 4.79 Å². The first-order valence-electron chi connectivity index (χ1n) is 7.25. The fraction of sp³-hybridized carbons (Fsp3) is 0.929. The van der Waals surface area contributed by atoms with Crippen LogP contribution in [-0.2, 0) is 9.47 Å². The van der Waals surface area contributed by atoms with Gasteiger partial charge in [-0.2, -0.15) is 0 Å². The van der Waals surface area contributed by atoms with Crippen LogP contribution in [-0.4, -0.2) is 43.5 Å². The van der Waals surface area contributed by atoms with Gasteiger partial charge in [0.15, 0.2) is 0 Å². The van der Waals surface area contributed by atoms with E-state index in [1.54, 1.807) is 0 Å². The summed E-state index contributed by atoms with van der Waals surface area (Å²) in [7, 11) is 0. The Kier molecular flexibility index (Phi) is 4.68. The molecule has 0 aromatic heterocycles. The van der Waals surface area contributed by atoms with Crippen molar-refractivity contribution in [2.24, 2.45) is 5.92 Å². The number of alkyl carbamates (subject to hydrolysis) is 1. The lowest BCUT2D eigenvalue weighted by atomic mass is 10.1. The third-order valence-electron chi connectivity index (χ3n) is 3.44. The van der Waals surface area contributed by atoms with E-state index in [0.717, 1.165) is 19.6 Å². The minimum Gasteiger partial charge on any atom is -0.444 e. The predicted octanol–water partition coefficient (Wildman–Crippen LogP) is 1.67. The Balaban J connectivity index is 1.72. The van der Waals surface area contributed by atoms with Crippen molar-refractivity contribution < 1.29 is 14.3 Å². The molecule has 5 heteroatoms. The molecule has 19 heavy (non-hydrogen) atoms. The number of carbonyl (C=O) groups is 1. The van der Waals surface area contributed by atoms with E-state index in [4.69, 9.17) is 9.47 Å². The highest BCUT2D eigenvalue weighted by atomic mass is 16.6. The molecule has 0 radical (unpaired) electrons. The normalized spacial score (nSPS) is 25.1. The summed E-state index contributed by atoms with van der Waals surface area (Å²) in [6, 6.07) is 0.783. The van der Waals surface area contributed by atoms with Crippen molar-refractivity contribution in [2.75, 3.05) is 19.8 Å². The van der Waals surface area contributed by atoms with E-state index in [1.807, 2.05) is 20.8 Å². The van der Waals surface area contributed by atoms with E-state index in [2.05, 4.69) is 10.6 Å². The lowest BCUT2D eigenvalue weighted by Gasteiger charge is -2.24. The van der Waals surface area contributed by atoms with Gasteiger partial charge in [-0.15, -0.1) is 0 Å². The Morgan fingerprint density at radius 1 is 1.37 bits per heavy atom. The van der Waals surface area contributed by atoms with E-state index in [-0.39, 0.29) is 6.09 Å². The van der Waals surface area contributed by atoms with Gasteiger partial charge >= 0.3 is 6.09 Å². The second kappa shape index (κ2) is 6.09. The molecule has 1 saturated heterocycles. The molecular formula is C14H26N2O3. The van der Waals surface area contributed by atoms with E-state index < -0.39 is 5.60 Å². The molecule has 0 bridgehead atoms.